The molecule has 0 amide bonds. The molecular formula is C19H20F2N6. The van der Waals surface area contributed by atoms with Crippen molar-refractivity contribution in [1.82, 2.24) is 24.3 Å². The van der Waals surface area contributed by atoms with E-state index in [1.165, 1.54) is 38.1 Å². The van der Waals surface area contributed by atoms with Crippen LogP contribution in [-0.4, -0.2) is 37.4 Å². The van der Waals surface area contributed by atoms with E-state index in [9.17, 15) is 8.78 Å². The van der Waals surface area contributed by atoms with Gasteiger partial charge in [-0.15, -0.1) is 0 Å². The molecule has 1 saturated carbocycles. The molecule has 4 heterocycles. The average molecular weight is 370 g/mol. The molecule has 6 nitrogen and oxygen atoms in total. The van der Waals surface area contributed by atoms with Crippen LogP contribution < -0.4 is 4.90 Å². The number of imidazole rings is 1. The number of alkyl halides is 2. The molecule has 2 aliphatic rings. The minimum absolute atomic E-state index is 0.291. The maximum absolute atomic E-state index is 13.0. The Morgan fingerprint density at radius 3 is 2.81 bits per heavy atom. The number of anilines is 1. The number of halogens is 2. The highest BCUT2D eigenvalue weighted by atomic mass is 19.3. The molecule has 5 rings (SSSR count). The van der Waals surface area contributed by atoms with Gasteiger partial charge >= 0.3 is 0 Å². The summed E-state index contributed by atoms with van der Waals surface area (Å²) in [5.74, 6) is 3.00. The molecule has 1 aliphatic heterocycles. The van der Waals surface area contributed by atoms with E-state index in [0.29, 0.717) is 17.2 Å². The maximum Gasteiger partial charge on any atom is 0.281 e. The van der Waals surface area contributed by atoms with E-state index in [0.717, 1.165) is 30.7 Å². The summed E-state index contributed by atoms with van der Waals surface area (Å²) in [4.78, 5) is 19.4. The van der Waals surface area contributed by atoms with Gasteiger partial charge in [-0.25, -0.2) is 28.7 Å². The van der Waals surface area contributed by atoms with Crippen molar-refractivity contribution in [2.75, 3.05) is 18.0 Å². The largest absolute Gasteiger partial charge is 0.356 e. The van der Waals surface area contributed by atoms with Gasteiger partial charge in [-0.1, -0.05) is 12.8 Å². The Morgan fingerprint density at radius 2 is 1.93 bits per heavy atom. The molecule has 1 aliphatic carbocycles. The van der Waals surface area contributed by atoms with Crippen LogP contribution in [0.5, 0.6) is 0 Å². The summed E-state index contributed by atoms with van der Waals surface area (Å²) in [6.45, 7) is 2.04. The molecule has 0 spiro atoms. The lowest BCUT2D eigenvalue weighted by atomic mass is 9.89. The number of piperidine rings is 1. The predicted octanol–water partition coefficient (Wildman–Crippen LogP) is 3.75. The predicted molar refractivity (Wildman–Crippen MR) is 96.6 cm³/mol. The summed E-state index contributed by atoms with van der Waals surface area (Å²) < 4.78 is 27.6. The second kappa shape index (κ2) is 6.51. The van der Waals surface area contributed by atoms with Crippen LogP contribution in [0.4, 0.5) is 14.6 Å². The molecule has 1 saturated heterocycles. The van der Waals surface area contributed by atoms with E-state index in [1.807, 2.05) is 6.07 Å². The van der Waals surface area contributed by atoms with Crippen molar-refractivity contribution in [1.29, 1.82) is 0 Å². The fraction of sp³-hybridized carbons (Fsp3) is 0.474. The summed E-state index contributed by atoms with van der Waals surface area (Å²) in [5, 5.41) is 0. The van der Waals surface area contributed by atoms with Gasteiger partial charge in [-0.2, -0.15) is 0 Å². The average Bonchev–Trinajstić information content (AvgIpc) is 3.33. The first-order chi connectivity index (χ1) is 13.2. The molecule has 3 aromatic heterocycles. The lowest BCUT2D eigenvalue weighted by Gasteiger charge is -2.35. The second-order valence-electron chi connectivity index (χ2n) is 7.41. The quantitative estimate of drug-likeness (QED) is 0.703. The summed E-state index contributed by atoms with van der Waals surface area (Å²) in [6.07, 6.45) is 8.56. The molecule has 2 atom stereocenters. The number of hydrogen-bond donors (Lipinski definition) is 0. The van der Waals surface area contributed by atoms with Crippen LogP contribution in [0.3, 0.4) is 0 Å². The normalized spacial score (nSPS) is 22.6. The van der Waals surface area contributed by atoms with Gasteiger partial charge in [0.15, 0.2) is 11.5 Å². The Kier molecular flexibility index (Phi) is 3.98. The molecule has 0 bridgehead atoms. The van der Waals surface area contributed by atoms with Gasteiger partial charge in [0.05, 0.1) is 12.4 Å². The lowest BCUT2D eigenvalue weighted by Crippen LogP contribution is -2.38. The van der Waals surface area contributed by atoms with E-state index in [-0.39, 0.29) is 5.69 Å². The SMILES string of the molecule is FC(F)c1cn2c(-c3nccc(N4CCC5CCCC5C4)n3)cnc2cn1. The van der Waals surface area contributed by atoms with Crippen molar-refractivity contribution in [2.45, 2.75) is 32.1 Å². The van der Waals surface area contributed by atoms with Crippen LogP contribution in [-0.2, 0) is 0 Å². The van der Waals surface area contributed by atoms with Crippen LogP contribution >= 0.6 is 0 Å². The van der Waals surface area contributed by atoms with Gasteiger partial charge in [0.1, 0.15) is 17.2 Å². The Hall–Kier alpha value is -2.64. The van der Waals surface area contributed by atoms with Crippen molar-refractivity contribution in [3.63, 3.8) is 0 Å². The van der Waals surface area contributed by atoms with E-state index in [4.69, 9.17) is 4.98 Å². The van der Waals surface area contributed by atoms with Crippen LogP contribution in [0.2, 0.25) is 0 Å². The molecular weight excluding hydrogens is 350 g/mol. The zero-order valence-electron chi connectivity index (χ0n) is 14.8. The maximum atomic E-state index is 13.0. The van der Waals surface area contributed by atoms with Crippen molar-refractivity contribution in [2.24, 2.45) is 11.8 Å². The van der Waals surface area contributed by atoms with Gasteiger partial charge in [0.25, 0.3) is 6.43 Å². The third-order valence-electron chi connectivity index (χ3n) is 5.87. The highest BCUT2D eigenvalue weighted by Gasteiger charge is 2.33. The molecule has 2 fully saturated rings. The third kappa shape index (κ3) is 2.93. The van der Waals surface area contributed by atoms with E-state index in [1.54, 1.807) is 16.8 Å². The van der Waals surface area contributed by atoms with Crippen molar-refractivity contribution in [3.8, 4) is 11.5 Å². The number of hydrogen-bond acceptors (Lipinski definition) is 5. The molecule has 3 aromatic rings. The van der Waals surface area contributed by atoms with Crippen LogP contribution in [0.15, 0.2) is 30.9 Å². The molecule has 140 valence electrons. The summed E-state index contributed by atoms with van der Waals surface area (Å²) in [5.41, 5.74) is 0.795. The summed E-state index contributed by atoms with van der Waals surface area (Å²) >= 11 is 0. The topological polar surface area (TPSA) is 59.2 Å². The standard InChI is InChI=1S/C19H20F2N6/c20-18(21)14-11-27-15(8-24-17(27)9-23-14)19-22-6-4-16(25-19)26-7-5-12-2-1-3-13(12)10-26/h4,6,8-9,11-13,18H,1-3,5,7,10H2. The molecule has 0 aromatic carbocycles. The molecule has 27 heavy (non-hydrogen) atoms. The number of aromatic nitrogens is 5. The first kappa shape index (κ1) is 16.5. The van der Waals surface area contributed by atoms with Crippen LogP contribution in [0.1, 0.15) is 37.8 Å². The Bertz CT molecular complexity index is 972. The molecule has 0 N–H and O–H groups in total. The Balaban J connectivity index is 1.49. The monoisotopic (exact) mass is 370 g/mol. The Labute approximate surface area is 155 Å². The van der Waals surface area contributed by atoms with Crippen molar-refractivity contribution < 1.29 is 8.78 Å². The molecule has 2 unspecified atom stereocenters. The summed E-state index contributed by atoms with van der Waals surface area (Å²) in [7, 11) is 0. The first-order valence-corrected chi connectivity index (χ1v) is 9.38. The number of rotatable bonds is 3. The van der Waals surface area contributed by atoms with Gasteiger partial charge < -0.3 is 4.90 Å². The fourth-order valence-electron chi connectivity index (χ4n) is 4.47. The zero-order chi connectivity index (χ0) is 18.4. The van der Waals surface area contributed by atoms with E-state index in [2.05, 4.69) is 19.9 Å². The molecule has 0 radical (unpaired) electrons. The number of fused-ring (bicyclic) bond motifs is 2. The van der Waals surface area contributed by atoms with Crippen LogP contribution in [0.25, 0.3) is 17.2 Å². The lowest BCUT2D eigenvalue weighted by molar-refractivity contribution is 0.145. The first-order valence-electron chi connectivity index (χ1n) is 9.38. The second-order valence-corrected chi connectivity index (χ2v) is 7.41. The highest BCUT2D eigenvalue weighted by Crippen LogP contribution is 2.38. The van der Waals surface area contributed by atoms with E-state index >= 15 is 0 Å². The van der Waals surface area contributed by atoms with Gasteiger partial charge in [-0.05, 0) is 30.7 Å². The highest BCUT2D eigenvalue weighted by molar-refractivity contribution is 5.58. The van der Waals surface area contributed by atoms with Crippen molar-refractivity contribution >= 4 is 11.5 Å². The smallest absolute Gasteiger partial charge is 0.281 e. The van der Waals surface area contributed by atoms with E-state index < -0.39 is 6.43 Å². The van der Waals surface area contributed by atoms with Gasteiger partial charge in [-0.3, -0.25) is 4.40 Å². The number of nitrogens with zero attached hydrogens (tertiary/aromatic N) is 6. The zero-order valence-corrected chi connectivity index (χ0v) is 14.8. The fourth-order valence-corrected chi connectivity index (χ4v) is 4.47. The molecule has 8 heteroatoms. The minimum atomic E-state index is -2.63. The summed E-state index contributed by atoms with van der Waals surface area (Å²) in [6, 6.07) is 1.92. The van der Waals surface area contributed by atoms with Crippen LogP contribution in [0, 0.1) is 11.8 Å². The van der Waals surface area contributed by atoms with Gasteiger partial charge in [0, 0.05) is 25.5 Å². The Morgan fingerprint density at radius 1 is 1.04 bits per heavy atom. The van der Waals surface area contributed by atoms with Crippen molar-refractivity contribution in [3.05, 3.63) is 36.5 Å². The minimum Gasteiger partial charge on any atom is -0.356 e. The third-order valence-corrected chi connectivity index (χ3v) is 5.87. The van der Waals surface area contributed by atoms with Gasteiger partial charge in [0.2, 0.25) is 0 Å².